The van der Waals surface area contributed by atoms with Crippen LogP contribution in [-0.2, 0) is 11.6 Å². The highest BCUT2D eigenvalue weighted by molar-refractivity contribution is 5.95. The zero-order valence-electron chi connectivity index (χ0n) is 20.9. The fourth-order valence-corrected chi connectivity index (χ4v) is 4.52. The number of carbonyl (C=O) groups is 1. The topological polar surface area (TPSA) is 97.3 Å². The third-order valence-corrected chi connectivity index (χ3v) is 6.93. The SMILES string of the molecule is Cc1ccc(-c2nc(C3(CNC(=O)c4cccc(-c5noc(C(F)(F)F)n5)c4)CCN(C)CC3)co2)cc1. The standard InChI is InChI=1S/C27H26F3N5O3/c1-17-6-8-18(9-7-17)24-32-21(15-37-24)26(10-12-35(2)13-11-26)16-31-23(36)20-5-3-4-19(14-20)22-33-25(38-34-22)27(28,29)30/h3-9,14-15H,10-13,16H2,1-2H3,(H,31,36). The number of benzene rings is 2. The molecule has 1 saturated heterocycles. The van der Waals surface area contributed by atoms with Gasteiger partial charge in [-0.1, -0.05) is 35.0 Å². The van der Waals surface area contributed by atoms with Crippen LogP contribution >= 0.6 is 0 Å². The van der Waals surface area contributed by atoms with E-state index in [9.17, 15) is 18.0 Å². The zero-order valence-corrected chi connectivity index (χ0v) is 20.9. The molecule has 0 unspecified atom stereocenters. The van der Waals surface area contributed by atoms with Crippen LogP contribution in [0.5, 0.6) is 0 Å². The van der Waals surface area contributed by atoms with E-state index in [2.05, 4.69) is 31.9 Å². The fraction of sp³-hybridized carbons (Fsp3) is 0.333. The summed E-state index contributed by atoms with van der Waals surface area (Å²) in [5.74, 6) is -1.53. The first kappa shape index (κ1) is 25.7. The molecule has 0 radical (unpaired) electrons. The second kappa shape index (κ2) is 10.1. The van der Waals surface area contributed by atoms with Gasteiger partial charge in [-0.2, -0.15) is 18.2 Å². The van der Waals surface area contributed by atoms with Crippen molar-refractivity contribution in [3.63, 3.8) is 0 Å². The van der Waals surface area contributed by atoms with Gasteiger partial charge in [0.25, 0.3) is 5.91 Å². The van der Waals surface area contributed by atoms with Crippen molar-refractivity contribution in [1.29, 1.82) is 0 Å². The first-order valence-electron chi connectivity index (χ1n) is 12.1. The number of oxazole rings is 1. The second-order valence-electron chi connectivity index (χ2n) is 9.67. The van der Waals surface area contributed by atoms with Gasteiger partial charge in [-0.25, -0.2) is 4.98 Å². The van der Waals surface area contributed by atoms with E-state index in [1.165, 1.54) is 12.1 Å². The molecule has 0 saturated carbocycles. The summed E-state index contributed by atoms with van der Waals surface area (Å²) in [5.41, 5.74) is 2.87. The van der Waals surface area contributed by atoms with Gasteiger partial charge in [0.05, 0.1) is 5.69 Å². The van der Waals surface area contributed by atoms with E-state index in [1.807, 2.05) is 31.2 Å². The van der Waals surface area contributed by atoms with Gasteiger partial charge in [0.1, 0.15) is 6.26 Å². The highest BCUT2D eigenvalue weighted by Crippen LogP contribution is 2.36. The maximum Gasteiger partial charge on any atom is 0.471 e. The van der Waals surface area contributed by atoms with Crippen LogP contribution in [-0.4, -0.2) is 52.6 Å². The van der Waals surface area contributed by atoms with Crippen LogP contribution in [0.15, 0.2) is 63.7 Å². The molecule has 1 fully saturated rings. The average Bonchev–Trinajstić information content (AvgIpc) is 3.60. The second-order valence-corrected chi connectivity index (χ2v) is 9.67. The molecule has 2 aromatic heterocycles. The molecule has 4 aromatic rings. The molecule has 198 valence electrons. The Balaban J connectivity index is 1.35. The summed E-state index contributed by atoms with van der Waals surface area (Å²) in [6.07, 6.45) is -1.54. The molecule has 1 amide bonds. The summed E-state index contributed by atoms with van der Waals surface area (Å²) in [4.78, 5) is 23.6. The number of aromatic nitrogens is 3. The van der Waals surface area contributed by atoms with Crippen molar-refractivity contribution in [1.82, 2.24) is 25.3 Å². The van der Waals surface area contributed by atoms with Crippen molar-refractivity contribution in [3.8, 4) is 22.8 Å². The molecule has 38 heavy (non-hydrogen) atoms. The quantitative estimate of drug-likeness (QED) is 0.374. The summed E-state index contributed by atoms with van der Waals surface area (Å²) in [6, 6.07) is 14.0. The lowest BCUT2D eigenvalue weighted by atomic mass is 9.76. The number of amides is 1. The van der Waals surface area contributed by atoms with Gasteiger partial charge in [-0.3, -0.25) is 4.79 Å². The normalized spacial score (nSPS) is 15.9. The number of hydrogen-bond acceptors (Lipinski definition) is 7. The molecular weight excluding hydrogens is 499 g/mol. The number of likely N-dealkylation sites (tertiary alicyclic amines) is 1. The monoisotopic (exact) mass is 525 g/mol. The molecule has 0 aliphatic carbocycles. The van der Waals surface area contributed by atoms with Crippen molar-refractivity contribution in [2.75, 3.05) is 26.7 Å². The number of halogens is 3. The molecule has 1 aliphatic rings. The third kappa shape index (κ3) is 5.33. The number of nitrogens with one attached hydrogen (secondary N) is 1. The van der Waals surface area contributed by atoms with Crippen LogP contribution < -0.4 is 5.32 Å². The van der Waals surface area contributed by atoms with E-state index >= 15 is 0 Å². The van der Waals surface area contributed by atoms with E-state index in [4.69, 9.17) is 9.40 Å². The molecule has 1 aliphatic heterocycles. The van der Waals surface area contributed by atoms with Crippen molar-refractivity contribution in [3.05, 3.63) is 77.5 Å². The maximum atomic E-state index is 13.1. The van der Waals surface area contributed by atoms with Gasteiger partial charge in [0.2, 0.25) is 11.7 Å². The van der Waals surface area contributed by atoms with E-state index in [0.29, 0.717) is 12.4 Å². The molecule has 0 bridgehead atoms. The van der Waals surface area contributed by atoms with Crippen molar-refractivity contribution in [2.24, 2.45) is 0 Å². The predicted molar refractivity (Wildman–Crippen MR) is 132 cm³/mol. The minimum Gasteiger partial charge on any atom is -0.444 e. The minimum absolute atomic E-state index is 0.241. The van der Waals surface area contributed by atoms with Crippen molar-refractivity contribution >= 4 is 5.91 Å². The summed E-state index contributed by atoms with van der Waals surface area (Å²) in [6.45, 7) is 4.00. The van der Waals surface area contributed by atoms with Gasteiger partial charge in [-0.15, -0.1) is 0 Å². The van der Waals surface area contributed by atoms with Crippen molar-refractivity contribution < 1.29 is 26.9 Å². The van der Waals surface area contributed by atoms with Gasteiger partial charge < -0.3 is 19.2 Å². The molecule has 8 nitrogen and oxygen atoms in total. The predicted octanol–water partition coefficient (Wildman–Crippen LogP) is 5.11. The first-order chi connectivity index (χ1) is 18.1. The van der Waals surface area contributed by atoms with Crippen LogP contribution in [0, 0.1) is 6.92 Å². The molecule has 1 N–H and O–H groups in total. The van der Waals surface area contributed by atoms with Gasteiger partial charge >= 0.3 is 12.1 Å². The van der Waals surface area contributed by atoms with E-state index in [-0.39, 0.29) is 22.9 Å². The van der Waals surface area contributed by atoms with Gasteiger partial charge in [0, 0.05) is 28.7 Å². The fourth-order valence-electron chi connectivity index (χ4n) is 4.52. The Kier molecular flexibility index (Phi) is 6.78. The maximum absolute atomic E-state index is 13.1. The summed E-state index contributed by atoms with van der Waals surface area (Å²) in [7, 11) is 2.05. The Morgan fingerprint density at radius 1 is 1.08 bits per heavy atom. The number of aryl methyl sites for hydroxylation is 1. The molecule has 2 aromatic carbocycles. The van der Waals surface area contributed by atoms with E-state index in [1.54, 1.807) is 18.4 Å². The summed E-state index contributed by atoms with van der Waals surface area (Å²) in [5, 5.41) is 6.41. The average molecular weight is 526 g/mol. The molecule has 11 heteroatoms. The molecule has 3 heterocycles. The van der Waals surface area contributed by atoms with Crippen molar-refractivity contribution in [2.45, 2.75) is 31.4 Å². The Hall–Kier alpha value is -3.99. The Morgan fingerprint density at radius 3 is 2.50 bits per heavy atom. The zero-order chi connectivity index (χ0) is 26.9. The van der Waals surface area contributed by atoms with Gasteiger partial charge in [0.15, 0.2) is 0 Å². The Labute approximate surface area is 216 Å². The molecule has 0 atom stereocenters. The van der Waals surface area contributed by atoms with E-state index in [0.717, 1.165) is 42.8 Å². The highest BCUT2D eigenvalue weighted by Gasteiger charge is 2.39. The number of nitrogens with zero attached hydrogens (tertiary/aromatic N) is 4. The van der Waals surface area contributed by atoms with Crippen LogP contribution in [0.3, 0.4) is 0 Å². The smallest absolute Gasteiger partial charge is 0.444 e. The lowest BCUT2D eigenvalue weighted by molar-refractivity contribution is -0.159. The Bertz CT molecular complexity index is 1420. The highest BCUT2D eigenvalue weighted by atomic mass is 19.4. The van der Waals surface area contributed by atoms with Crippen LogP contribution in [0.4, 0.5) is 13.2 Å². The van der Waals surface area contributed by atoms with E-state index < -0.39 is 17.5 Å². The van der Waals surface area contributed by atoms with Crippen LogP contribution in [0.25, 0.3) is 22.8 Å². The third-order valence-electron chi connectivity index (χ3n) is 6.93. The van der Waals surface area contributed by atoms with Crippen LogP contribution in [0.1, 0.15) is 40.3 Å². The largest absolute Gasteiger partial charge is 0.471 e. The molecule has 5 rings (SSSR count). The lowest BCUT2D eigenvalue weighted by Crippen LogP contribution is -2.48. The summed E-state index contributed by atoms with van der Waals surface area (Å²) < 4.78 is 48.7. The van der Waals surface area contributed by atoms with Crippen LogP contribution in [0.2, 0.25) is 0 Å². The number of carbonyl (C=O) groups excluding carboxylic acids is 1. The number of hydrogen-bond donors (Lipinski definition) is 1. The number of rotatable bonds is 6. The Morgan fingerprint density at radius 2 is 1.82 bits per heavy atom. The lowest BCUT2D eigenvalue weighted by Gasteiger charge is -2.39. The summed E-state index contributed by atoms with van der Waals surface area (Å²) >= 11 is 0. The van der Waals surface area contributed by atoms with Gasteiger partial charge in [-0.05, 0) is 64.2 Å². The number of piperidine rings is 1. The molecular formula is C27H26F3N5O3. The minimum atomic E-state index is -4.75. The first-order valence-corrected chi connectivity index (χ1v) is 12.1. The number of alkyl halides is 3. The molecule has 0 spiro atoms.